The van der Waals surface area contributed by atoms with Gasteiger partial charge in [-0.05, 0) is 20.8 Å². The summed E-state index contributed by atoms with van der Waals surface area (Å²) in [5, 5.41) is 3.42. The van der Waals surface area contributed by atoms with Crippen LogP contribution in [0.3, 0.4) is 0 Å². The Labute approximate surface area is 102 Å². The fraction of sp³-hybridized carbons (Fsp3) is 0.667. The summed E-state index contributed by atoms with van der Waals surface area (Å²) in [6.45, 7) is 9.63. The number of anilines is 1. The summed E-state index contributed by atoms with van der Waals surface area (Å²) in [4.78, 5) is 11.0. The van der Waals surface area contributed by atoms with E-state index < -0.39 is 0 Å². The quantitative estimate of drug-likeness (QED) is 0.848. The molecule has 0 unspecified atom stereocenters. The largest absolute Gasteiger partial charge is 0.478 e. The number of nitrogens with one attached hydrogen (secondary N) is 1. The smallest absolute Gasteiger partial charge is 0.218 e. The average molecular weight is 236 g/mol. The van der Waals surface area contributed by atoms with Crippen molar-refractivity contribution in [3.8, 4) is 5.88 Å². The zero-order chi connectivity index (χ0) is 12.3. The number of piperazine rings is 1. The van der Waals surface area contributed by atoms with Gasteiger partial charge in [-0.1, -0.05) is 0 Å². The molecule has 1 atom stereocenters. The summed E-state index contributed by atoms with van der Waals surface area (Å²) in [6, 6.07) is 2.42. The maximum Gasteiger partial charge on any atom is 0.218 e. The Morgan fingerprint density at radius 1 is 1.53 bits per heavy atom. The Kier molecular flexibility index (Phi) is 3.78. The molecule has 1 aliphatic rings. The Hall–Kier alpha value is -1.36. The Morgan fingerprint density at radius 2 is 2.35 bits per heavy atom. The first-order valence-electron chi connectivity index (χ1n) is 6.16. The lowest BCUT2D eigenvalue weighted by atomic mass is 10.2. The lowest BCUT2D eigenvalue weighted by Gasteiger charge is -2.32. The van der Waals surface area contributed by atoms with Gasteiger partial charge >= 0.3 is 0 Å². The van der Waals surface area contributed by atoms with Gasteiger partial charge in [0.1, 0.15) is 11.6 Å². The van der Waals surface area contributed by atoms with E-state index in [4.69, 9.17) is 4.74 Å². The highest BCUT2D eigenvalue weighted by Gasteiger charge is 2.18. The normalized spacial score (nSPS) is 20.4. The maximum absolute atomic E-state index is 5.45. The Morgan fingerprint density at radius 3 is 3.06 bits per heavy atom. The number of hydrogen-bond acceptors (Lipinski definition) is 5. The van der Waals surface area contributed by atoms with Crippen LogP contribution in [0.2, 0.25) is 0 Å². The van der Waals surface area contributed by atoms with Crippen molar-refractivity contribution in [2.45, 2.75) is 26.8 Å². The van der Waals surface area contributed by atoms with Crippen molar-refractivity contribution in [1.82, 2.24) is 15.3 Å². The predicted octanol–water partition coefficient (Wildman–Crippen LogP) is 0.982. The Bertz CT molecular complexity index is 383. The molecule has 1 N–H and O–H groups in total. The van der Waals surface area contributed by atoms with E-state index in [0.717, 1.165) is 31.3 Å². The van der Waals surface area contributed by atoms with Crippen molar-refractivity contribution in [3.63, 3.8) is 0 Å². The van der Waals surface area contributed by atoms with Crippen LogP contribution in [0.5, 0.6) is 5.88 Å². The Balaban J connectivity index is 2.18. The second kappa shape index (κ2) is 5.31. The highest BCUT2D eigenvalue weighted by molar-refractivity contribution is 5.42. The maximum atomic E-state index is 5.45. The molecular formula is C12H20N4O. The molecule has 0 aliphatic carbocycles. The molecule has 0 amide bonds. The fourth-order valence-corrected chi connectivity index (χ4v) is 2.05. The van der Waals surface area contributed by atoms with Crippen molar-refractivity contribution in [2.75, 3.05) is 31.1 Å². The lowest BCUT2D eigenvalue weighted by molar-refractivity contribution is 0.325. The molecule has 1 saturated heterocycles. The summed E-state index contributed by atoms with van der Waals surface area (Å²) in [7, 11) is 0. The molecule has 17 heavy (non-hydrogen) atoms. The lowest BCUT2D eigenvalue weighted by Crippen LogP contribution is -2.49. The van der Waals surface area contributed by atoms with Gasteiger partial charge in [0.15, 0.2) is 0 Å². The first-order valence-corrected chi connectivity index (χ1v) is 6.16. The minimum Gasteiger partial charge on any atom is -0.478 e. The molecule has 2 heterocycles. The number of nitrogens with zero attached hydrogens (tertiary/aromatic N) is 3. The minimum absolute atomic E-state index is 0.495. The third-order valence-electron chi connectivity index (χ3n) is 2.79. The van der Waals surface area contributed by atoms with E-state index in [1.165, 1.54) is 0 Å². The number of aromatic nitrogens is 2. The van der Waals surface area contributed by atoms with Crippen LogP contribution in [0, 0.1) is 6.92 Å². The minimum atomic E-state index is 0.495. The van der Waals surface area contributed by atoms with Crippen LogP contribution < -0.4 is 15.0 Å². The van der Waals surface area contributed by atoms with Gasteiger partial charge in [0.2, 0.25) is 5.88 Å². The summed E-state index contributed by atoms with van der Waals surface area (Å²) >= 11 is 0. The zero-order valence-corrected chi connectivity index (χ0v) is 10.7. The molecular weight excluding hydrogens is 216 g/mol. The highest BCUT2D eigenvalue weighted by Crippen LogP contribution is 2.18. The summed E-state index contributed by atoms with van der Waals surface area (Å²) in [6.07, 6.45) is 0. The SMILES string of the molecule is CCOc1cc(N2CCN[C@H](C)C2)nc(C)n1. The van der Waals surface area contributed by atoms with Gasteiger partial charge in [-0.2, -0.15) is 4.98 Å². The predicted molar refractivity (Wildman–Crippen MR) is 67.6 cm³/mol. The van der Waals surface area contributed by atoms with E-state index in [-0.39, 0.29) is 0 Å². The molecule has 1 aromatic heterocycles. The van der Waals surface area contributed by atoms with Crippen LogP contribution in [0.15, 0.2) is 6.07 Å². The number of aryl methyl sites for hydroxylation is 1. The van der Waals surface area contributed by atoms with Crippen LogP contribution in [-0.4, -0.2) is 42.3 Å². The van der Waals surface area contributed by atoms with E-state index in [1.807, 2.05) is 19.9 Å². The van der Waals surface area contributed by atoms with Gasteiger partial charge in [0.05, 0.1) is 6.61 Å². The average Bonchev–Trinajstić information content (AvgIpc) is 2.28. The van der Waals surface area contributed by atoms with Crippen molar-refractivity contribution in [2.24, 2.45) is 0 Å². The van der Waals surface area contributed by atoms with E-state index in [2.05, 4.69) is 27.1 Å². The van der Waals surface area contributed by atoms with Crippen LogP contribution >= 0.6 is 0 Å². The first kappa shape index (κ1) is 12.1. The molecule has 0 radical (unpaired) electrons. The van der Waals surface area contributed by atoms with Gasteiger partial charge in [-0.3, -0.25) is 0 Å². The topological polar surface area (TPSA) is 50.3 Å². The van der Waals surface area contributed by atoms with Gasteiger partial charge in [-0.25, -0.2) is 4.98 Å². The standard InChI is InChI=1S/C12H20N4O/c1-4-17-12-7-11(14-10(3)15-12)16-6-5-13-9(2)8-16/h7,9,13H,4-6,8H2,1-3H3/t9-/m1/s1. The fourth-order valence-electron chi connectivity index (χ4n) is 2.05. The molecule has 1 aliphatic heterocycles. The molecule has 0 spiro atoms. The molecule has 2 rings (SSSR count). The van der Waals surface area contributed by atoms with Crippen LogP contribution in [-0.2, 0) is 0 Å². The number of hydrogen-bond donors (Lipinski definition) is 1. The zero-order valence-electron chi connectivity index (χ0n) is 10.7. The van der Waals surface area contributed by atoms with E-state index in [1.54, 1.807) is 0 Å². The van der Waals surface area contributed by atoms with E-state index >= 15 is 0 Å². The number of rotatable bonds is 3. The molecule has 0 aromatic carbocycles. The van der Waals surface area contributed by atoms with E-state index in [0.29, 0.717) is 18.5 Å². The van der Waals surface area contributed by atoms with Crippen LogP contribution in [0.4, 0.5) is 5.82 Å². The second-order valence-electron chi connectivity index (χ2n) is 4.35. The molecule has 1 fully saturated rings. The van der Waals surface area contributed by atoms with Crippen molar-refractivity contribution in [3.05, 3.63) is 11.9 Å². The van der Waals surface area contributed by atoms with Crippen molar-refractivity contribution in [1.29, 1.82) is 0 Å². The molecule has 0 saturated carbocycles. The van der Waals surface area contributed by atoms with Crippen molar-refractivity contribution >= 4 is 5.82 Å². The van der Waals surface area contributed by atoms with Crippen LogP contribution in [0.25, 0.3) is 0 Å². The molecule has 5 nitrogen and oxygen atoms in total. The molecule has 0 bridgehead atoms. The monoisotopic (exact) mass is 236 g/mol. The molecule has 1 aromatic rings. The summed E-state index contributed by atoms with van der Waals surface area (Å²) in [5.41, 5.74) is 0. The third kappa shape index (κ3) is 3.06. The molecule has 5 heteroatoms. The number of ether oxygens (including phenoxy) is 1. The van der Waals surface area contributed by atoms with Crippen LogP contribution in [0.1, 0.15) is 19.7 Å². The van der Waals surface area contributed by atoms with Gasteiger partial charge in [-0.15, -0.1) is 0 Å². The highest BCUT2D eigenvalue weighted by atomic mass is 16.5. The van der Waals surface area contributed by atoms with E-state index in [9.17, 15) is 0 Å². The third-order valence-corrected chi connectivity index (χ3v) is 2.79. The van der Waals surface area contributed by atoms with Crippen molar-refractivity contribution < 1.29 is 4.74 Å². The second-order valence-corrected chi connectivity index (χ2v) is 4.35. The van der Waals surface area contributed by atoms with Gasteiger partial charge < -0.3 is 15.0 Å². The summed E-state index contributed by atoms with van der Waals surface area (Å²) in [5.74, 6) is 2.40. The summed E-state index contributed by atoms with van der Waals surface area (Å²) < 4.78 is 5.45. The molecule has 94 valence electrons. The van der Waals surface area contributed by atoms with Gasteiger partial charge in [0, 0.05) is 31.7 Å². The first-order chi connectivity index (χ1) is 8.19. The van der Waals surface area contributed by atoms with Gasteiger partial charge in [0.25, 0.3) is 0 Å².